The van der Waals surface area contributed by atoms with Gasteiger partial charge < -0.3 is 19.1 Å². The van der Waals surface area contributed by atoms with Crippen LogP contribution < -0.4 is 5.11 Å². The van der Waals surface area contributed by atoms with E-state index in [1.807, 2.05) is 13.8 Å². The monoisotopic (exact) mass is 351 g/mol. The quantitative estimate of drug-likeness (QED) is 0.220. The number of quaternary nitrogens is 1. The van der Waals surface area contributed by atoms with Gasteiger partial charge in [0, 0.05) is 6.42 Å². The molecule has 0 aliphatic rings. The highest BCUT2D eigenvalue weighted by molar-refractivity contribution is 7.85. The highest BCUT2D eigenvalue weighted by Crippen LogP contribution is 2.09. The molecule has 23 heavy (non-hydrogen) atoms. The minimum Gasteiger partial charge on any atom is -0.545 e. The van der Waals surface area contributed by atoms with E-state index in [0.29, 0.717) is 32.6 Å². The predicted octanol–water partition coefficient (Wildman–Crippen LogP) is 0.224. The fourth-order valence-corrected chi connectivity index (χ4v) is 2.85. The molecule has 0 amide bonds. The van der Waals surface area contributed by atoms with Crippen LogP contribution in [0.3, 0.4) is 0 Å². The maximum atomic E-state index is 10.8. The third-order valence-corrected chi connectivity index (χ3v) is 4.93. The van der Waals surface area contributed by atoms with Crippen LogP contribution in [-0.2, 0) is 19.6 Å². The molecule has 0 spiro atoms. The number of carboxylic acids is 1. The zero-order chi connectivity index (χ0) is 17.9. The number of carbonyl (C=O) groups is 1. The van der Waals surface area contributed by atoms with E-state index in [0.717, 1.165) is 24.1 Å². The summed E-state index contributed by atoms with van der Waals surface area (Å²) in [6.45, 7) is 9.66. The van der Waals surface area contributed by atoms with Gasteiger partial charge in [0.05, 0.1) is 44.6 Å². The Balaban J connectivity index is 4.18. The first-order chi connectivity index (χ1) is 10.7. The van der Waals surface area contributed by atoms with E-state index in [2.05, 4.69) is 0 Å². The van der Waals surface area contributed by atoms with Crippen LogP contribution in [0.4, 0.5) is 0 Å². The number of hydrogen-bond donors (Lipinski definition) is 1. The lowest BCUT2D eigenvalue weighted by Gasteiger charge is -2.36. The summed E-state index contributed by atoms with van der Waals surface area (Å²) in [4.78, 5) is 10.5. The van der Waals surface area contributed by atoms with Crippen LogP contribution >= 0.6 is 0 Å². The second kappa shape index (κ2) is 10.7. The van der Waals surface area contributed by atoms with Gasteiger partial charge in [-0.25, -0.2) is 0 Å². The normalized spacial score (nSPS) is 13.3. The van der Waals surface area contributed by atoms with Crippen molar-refractivity contribution in [3.63, 3.8) is 0 Å². The Hall–Kier alpha value is -0.960. The van der Waals surface area contributed by atoms with Gasteiger partial charge in [-0.2, -0.15) is 8.42 Å². The third-order valence-electron chi connectivity index (χ3n) is 4.12. The Morgan fingerprint density at radius 3 is 2.30 bits per heavy atom. The molecule has 0 heterocycles. The first-order valence-electron chi connectivity index (χ1n) is 7.92. The molecule has 0 aliphatic carbocycles. The van der Waals surface area contributed by atoms with E-state index in [1.54, 1.807) is 6.08 Å². The van der Waals surface area contributed by atoms with Crippen LogP contribution in [-0.4, -0.2) is 68.6 Å². The smallest absolute Gasteiger partial charge is 0.265 e. The first kappa shape index (κ1) is 22.0. The molecule has 0 aromatic heterocycles. The van der Waals surface area contributed by atoms with Crippen LogP contribution in [0.15, 0.2) is 11.6 Å². The van der Waals surface area contributed by atoms with Crippen molar-refractivity contribution in [3.05, 3.63) is 11.6 Å². The van der Waals surface area contributed by atoms with Crippen molar-refractivity contribution in [2.45, 2.75) is 33.6 Å². The average molecular weight is 351 g/mol. The molecule has 0 saturated carbocycles. The lowest BCUT2D eigenvalue weighted by Crippen LogP contribution is -2.50. The van der Waals surface area contributed by atoms with Gasteiger partial charge in [-0.1, -0.05) is 6.08 Å². The van der Waals surface area contributed by atoms with Crippen molar-refractivity contribution in [3.8, 4) is 0 Å². The molecule has 0 aliphatic heterocycles. The SMILES string of the molecule is CC[N+](CC)(CCCS(=O)(=O)O)CCOCCC=C(C)C(=O)[O-]. The summed E-state index contributed by atoms with van der Waals surface area (Å²) in [5, 5.41) is 10.5. The van der Waals surface area contributed by atoms with Crippen molar-refractivity contribution in [1.29, 1.82) is 0 Å². The Morgan fingerprint density at radius 2 is 1.83 bits per heavy atom. The lowest BCUT2D eigenvalue weighted by atomic mass is 10.2. The summed E-state index contributed by atoms with van der Waals surface area (Å²) in [7, 11) is -3.91. The Labute approximate surface area is 139 Å². The van der Waals surface area contributed by atoms with Crippen LogP contribution in [0.1, 0.15) is 33.6 Å². The molecule has 0 fully saturated rings. The van der Waals surface area contributed by atoms with Crippen LogP contribution in [0.2, 0.25) is 0 Å². The molecule has 1 N–H and O–H groups in total. The van der Waals surface area contributed by atoms with Crippen LogP contribution in [0.25, 0.3) is 0 Å². The van der Waals surface area contributed by atoms with E-state index in [1.165, 1.54) is 6.92 Å². The Bertz CT molecular complexity index is 482. The van der Waals surface area contributed by atoms with Crippen molar-refractivity contribution in [1.82, 2.24) is 0 Å². The van der Waals surface area contributed by atoms with Crippen LogP contribution in [0, 0.1) is 0 Å². The number of rotatable bonds is 13. The summed E-state index contributed by atoms with van der Waals surface area (Å²) < 4.78 is 36.7. The van der Waals surface area contributed by atoms with Gasteiger partial charge in [0.2, 0.25) is 0 Å². The minimum absolute atomic E-state index is 0.200. The number of ether oxygens (including phenoxy) is 1. The van der Waals surface area contributed by atoms with Gasteiger partial charge in [-0.15, -0.1) is 0 Å². The zero-order valence-electron chi connectivity index (χ0n) is 14.3. The van der Waals surface area contributed by atoms with Gasteiger partial charge in [-0.05, 0) is 32.8 Å². The Morgan fingerprint density at radius 1 is 1.22 bits per heavy atom. The van der Waals surface area contributed by atoms with Crippen molar-refractivity contribution in [2.24, 2.45) is 0 Å². The number of hydrogen-bond acceptors (Lipinski definition) is 5. The summed E-state index contributed by atoms with van der Waals surface area (Å²) in [6.07, 6.45) is 2.50. The average Bonchev–Trinajstić information content (AvgIpc) is 2.47. The van der Waals surface area contributed by atoms with E-state index >= 15 is 0 Å². The second-order valence-corrected chi connectivity index (χ2v) is 7.21. The number of carbonyl (C=O) groups excluding carboxylic acids is 1. The third kappa shape index (κ3) is 10.4. The van der Waals surface area contributed by atoms with Gasteiger partial charge in [0.15, 0.2) is 0 Å². The Kier molecular flexibility index (Phi) is 10.3. The van der Waals surface area contributed by atoms with Crippen molar-refractivity contribution < 1.29 is 32.1 Å². The summed E-state index contributed by atoms with van der Waals surface area (Å²) in [5.41, 5.74) is 0.200. The van der Waals surface area contributed by atoms with E-state index in [9.17, 15) is 18.3 Å². The fourth-order valence-electron chi connectivity index (χ4n) is 2.35. The highest BCUT2D eigenvalue weighted by atomic mass is 32.2. The van der Waals surface area contributed by atoms with Gasteiger partial charge in [0.1, 0.15) is 6.54 Å². The summed E-state index contributed by atoms with van der Waals surface area (Å²) >= 11 is 0. The standard InChI is InChI=1S/C15H29NO6S/c1-4-16(5-2,9-7-13-23(19,20)21)10-12-22-11-6-8-14(3)15(17)18/h8H,4-7,9-13H2,1-3H3,(H-,17,18,19,20,21). The topological polar surface area (TPSA) is 104 Å². The van der Waals surface area contributed by atoms with Gasteiger partial charge in [-0.3, -0.25) is 4.55 Å². The van der Waals surface area contributed by atoms with Crippen molar-refractivity contribution >= 4 is 16.1 Å². The zero-order valence-corrected chi connectivity index (χ0v) is 15.1. The number of aliphatic carboxylic acids is 1. The molecule has 7 nitrogen and oxygen atoms in total. The maximum absolute atomic E-state index is 10.8. The first-order valence-corrected chi connectivity index (χ1v) is 9.53. The molecule has 0 rings (SSSR count). The molecule has 0 aromatic rings. The van der Waals surface area contributed by atoms with Crippen LogP contribution in [0.5, 0.6) is 0 Å². The molecular formula is C15H29NO6S. The highest BCUT2D eigenvalue weighted by Gasteiger charge is 2.23. The number of likely N-dealkylation sites (N-methyl/N-ethyl adjacent to an activating group) is 1. The summed E-state index contributed by atoms with van der Waals surface area (Å²) in [5.74, 6) is -1.39. The molecule has 0 atom stereocenters. The maximum Gasteiger partial charge on any atom is 0.265 e. The molecule has 0 unspecified atom stereocenters. The fraction of sp³-hybridized carbons (Fsp3) is 0.800. The molecule has 0 aromatic carbocycles. The van der Waals surface area contributed by atoms with E-state index in [4.69, 9.17) is 9.29 Å². The predicted molar refractivity (Wildman–Crippen MR) is 86.3 cm³/mol. The van der Waals surface area contributed by atoms with E-state index in [-0.39, 0.29) is 11.3 Å². The molecule has 0 bridgehead atoms. The molecular weight excluding hydrogens is 322 g/mol. The summed E-state index contributed by atoms with van der Waals surface area (Å²) in [6, 6.07) is 0. The van der Waals surface area contributed by atoms with Crippen molar-refractivity contribution in [2.75, 3.05) is 45.1 Å². The largest absolute Gasteiger partial charge is 0.545 e. The van der Waals surface area contributed by atoms with E-state index < -0.39 is 16.1 Å². The number of carboxylic acid groups (broad SMARTS) is 1. The molecule has 0 radical (unpaired) electrons. The molecule has 0 saturated heterocycles. The molecule has 136 valence electrons. The van der Waals surface area contributed by atoms with Gasteiger partial charge in [0.25, 0.3) is 10.1 Å². The minimum atomic E-state index is -3.91. The molecule has 8 heteroatoms. The second-order valence-electron chi connectivity index (χ2n) is 5.64. The lowest BCUT2D eigenvalue weighted by molar-refractivity contribution is -0.925. The van der Waals surface area contributed by atoms with Gasteiger partial charge >= 0.3 is 0 Å². The number of nitrogens with zero attached hydrogens (tertiary/aromatic N) is 1.